The molecule has 0 saturated carbocycles. The first-order valence-electron chi connectivity index (χ1n) is 10.3. The number of amides is 1. The molecule has 3 aromatic rings. The van der Waals surface area contributed by atoms with E-state index in [1.165, 1.54) is 18.2 Å². The van der Waals surface area contributed by atoms with Gasteiger partial charge in [-0.05, 0) is 31.0 Å². The van der Waals surface area contributed by atoms with E-state index in [1.807, 2.05) is 12.1 Å². The zero-order chi connectivity index (χ0) is 22.2. The SMILES string of the molecule is N#Cc1cccc(F)c1-c1cc(-n2ccc(N3CCCC(C#N)C3)n2)c2c(n1)CNC2=O. The van der Waals surface area contributed by atoms with Crippen LogP contribution in [0.4, 0.5) is 10.2 Å². The first kappa shape index (κ1) is 19.7. The maximum atomic E-state index is 14.7. The van der Waals surface area contributed by atoms with E-state index in [0.29, 0.717) is 29.3 Å². The molecule has 1 N–H and O–H groups in total. The second kappa shape index (κ2) is 7.78. The quantitative estimate of drug-likeness (QED) is 0.688. The summed E-state index contributed by atoms with van der Waals surface area (Å²) in [6.07, 6.45) is 3.52. The summed E-state index contributed by atoms with van der Waals surface area (Å²) in [4.78, 5) is 19.1. The van der Waals surface area contributed by atoms with Crippen LogP contribution in [0.5, 0.6) is 0 Å². The lowest BCUT2D eigenvalue weighted by Gasteiger charge is -2.29. The molecule has 8 nitrogen and oxygen atoms in total. The maximum absolute atomic E-state index is 14.7. The van der Waals surface area contributed by atoms with Crippen LogP contribution >= 0.6 is 0 Å². The standard InChI is InChI=1S/C23H18FN7O/c24-16-5-1-4-15(11-26)21(16)17-9-19(22-18(28-17)12-27-23(22)32)31-8-6-20(29-31)30-7-2-3-14(10-25)13-30/h1,4-6,8-9,14H,2-3,7,12-13H2,(H,27,32). The highest BCUT2D eigenvalue weighted by molar-refractivity contribution is 6.01. The zero-order valence-electron chi connectivity index (χ0n) is 17.0. The lowest BCUT2D eigenvalue weighted by atomic mass is 10.00. The van der Waals surface area contributed by atoms with E-state index < -0.39 is 5.82 Å². The third-order valence-electron chi connectivity index (χ3n) is 5.86. The van der Waals surface area contributed by atoms with Crippen LogP contribution in [-0.2, 0) is 6.54 Å². The minimum atomic E-state index is -0.559. The lowest BCUT2D eigenvalue weighted by Crippen LogP contribution is -2.35. The number of aromatic nitrogens is 3. The summed E-state index contributed by atoms with van der Waals surface area (Å²) < 4.78 is 16.3. The van der Waals surface area contributed by atoms with E-state index in [4.69, 9.17) is 0 Å². The van der Waals surface area contributed by atoms with E-state index in [0.717, 1.165) is 19.4 Å². The summed E-state index contributed by atoms with van der Waals surface area (Å²) in [6.45, 7) is 1.63. The van der Waals surface area contributed by atoms with Gasteiger partial charge in [-0.3, -0.25) is 4.79 Å². The largest absolute Gasteiger partial charge is 0.354 e. The number of carbonyl (C=O) groups excluding carboxylic acids is 1. The molecule has 4 heterocycles. The van der Waals surface area contributed by atoms with Crippen molar-refractivity contribution in [3.63, 3.8) is 0 Å². The van der Waals surface area contributed by atoms with Crippen LogP contribution in [0, 0.1) is 34.4 Å². The molecule has 2 aromatic heterocycles. The van der Waals surface area contributed by atoms with Crippen LogP contribution in [0.25, 0.3) is 16.9 Å². The Kier molecular flexibility index (Phi) is 4.79. The topological polar surface area (TPSA) is 111 Å². The second-order valence-electron chi connectivity index (χ2n) is 7.84. The van der Waals surface area contributed by atoms with Gasteiger partial charge < -0.3 is 10.2 Å². The van der Waals surface area contributed by atoms with E-state index in [9.17, 15) is 19.7 Å². The molecular formula is C23H18FN7O. The lowest BCUT2D eigenvalue weighted by molar-refractivity contribution is 0.0965. The summed E-state index contributed by atoms with van der Waals surface area (Å²) in [5.74, 6) is -0.166. The van der Waals surface area contributed by atoms with Gasteiger partial charge >= 0.3 is 0 Å². The van der Waals surface area contributed by atoms with Crippen molar-refractivity contribution in [1.82, 2.24) is 20.1 Å². The number of nitrogens with zero attached hydrogens (tertiary/aromatic N) is 6. The smallest absolute Gasteiger partial charge is 0.255 e. The van der Waals surface area contributed by atoms with Gasteiger partial charge in [-0.2, -0.15) is 15.6 Å². The molecule has 2 aliphatic rings. The van der Waals surface area contributed by atoms with Crippen LogP contribution in [0.3, 0.4) is 0 Å². The molecule has 1 atom stereocenters. The summed E-state index contributed by atoms with van der Waals surface area (Å²) in [5.41, 5.74) is 1.86. The van der Waals surface area contributed by atoms with Crippen LogP contribution in [-0.4, -0.2) is 33.8 Å². The molecular weight excluding hydrogens is 409 g/mol. The van der Waals surface area contributed by atoms with Crippen LogP contribution in [0.1, 0.15) is 34.5 Å². The Balaban J connectivity index is 1.62. The Hall–Kier alpha value is -4.24. The van der Waals surface area contributed by atoms with Crippen molar-refractivity contribution >= 4 is 11.7 Å². The average molecular weight is 427 g/mol. The Morgan fingerprint density at radius 2 is 2.09 bits per heavy atom. The second-order valence-corrected chi connectivity index (χ2v) is 7.84. The number of anilines is 1. The molecule has 32 heavy (non-hydrogen) atoms. The average Bonchev–Trinajstić information content (AvgIpc) is 3.46. The molecule has 0 bridgehead atoms. The maximum Gasteiger partial charge on any atom is 0.255 e. The van der Waals surface area contributed by atoms with Crippen molar-refractivity contribution in [2.75, 3.05) is 18.0 Å². The molecule has 9 heteroatoms. The predicted molar refractivity (Wildman–Crippen MR) is 113 cm³/mol. The highest BCUT2D eigenvalue weighted by atomic mass is 19.1. The Morgan fingerprint density at radius 3 is 2.91 bits per heavy atom. The number of fused-ring (bicyclic) bond motifs is 1. The molecule has 1 unspecified atom stereocenters. The molecule has 2 aliphatic heterocycles. The fourth-order valence-electron chi connectivity index (χ4n) is 4.30. The normalized spacial score (nSPS) is 17.4. The number of nitrogens with one attached hydrogen (secondary N) is 1. The van der Waals surface area contributed by atoms with Crippen molar-refractivity contribution in [3.05, 3.63) is 59.2 Å². The predicted octanol–water partition coefficient (Wildman–Crippen LogP) is 2.93. The van der Waals surface area contributed by atoms with Crippen molar-refractivity contribution in [2.45, 2.75) is 19.4 Å². The van der Waals surface area contributed by atoms with Crippen LogP contribution < -0.4 is 10.2 Å². The fraction of sp³-hybridized carbons (Fsp3) is 0.261. The third kappa shape index (κ3) is 3.25. The van der Waals surface area contributed by atoms with Gasteiger partial charge in [0.1, 0.15) is 5.82 Å². The van der Waals surface area contributed by atoms with Crippen molar-refractivity contribution in [3.8, 4) is 29.1 Å². The van der Waals surface area contributed by atoms with E-state index >= 15 is 0 Å². The Bertz CT molecular complexity index is 1320. The molecule has 1 saturated heterocycles. The molecule has 1 fully saturated rings. The molecule has 158 valence electrons. The number of piperidine rings is 1. The van der Waals surface area contributed by atoms with E-state index in [2.05, 4.69) is 26.4 Å². The first-order valence-corrected chi connectivity index (χ1v) is 10.3. The number of carbonyl (C=O) groups is 1. The zero-order valence-corrected chi connectivity index (χ0v) is 17.0. The number of halogens is 1. The molecule has 5 rings (SSSR count). The Morgan fingerprint density at radius 1 is 1.22 bits per heavy atom. The molecule has 0 aliphatic carbocycles. The van der Waals surface area contributed by atoms with Gasteiger partial charge in [-0.1, -0.05) is 6.07 Å². The van der Waals surface area contributed by atoms with Gasteiger partial charge in [0.15, 0.2) is 5.82 Å². The number of pyridine rings is 1. The number of benzene rings is 1. The van der Waals surface area contributed by atoms with E-state index in [1.54, 1.807) is 16.9 Å². The monoisotopic (exact) mass is 427 g/mol. The van der Waals surface area contributed by atoms with Crippen LogP contribution in [0.15, 0.2) is 36.5 Å². The van der Waals surface area contributed by atoms with Crippen molar-refractivity contribution in [1.29, 1.82) is 10.5 Å². The minimum Gasteiger partial charge on any atom is -0.354 e. The van der Waals surface area contributed by atoms with Gasteiger partial charge in [0.05, 0.1) is 58.4 Å². The summed E-state index contributed by atoms with van der Waals surface area (Å²) >= 11 is 0. The van der Waals surface area contributed by atoms with Crippen LogP contribution in [0.2, 0.25) is 0 Å². The fourth-order valence-corrected chi connectivity index (χ4v) is 4.30. The number of rotatable bonds is 3. The minimum absolute atomic E-state index is 0.0399. The first-order chi connectivity index (χ1) is 15.6. The van der Waals surface area contributed by atoms with Gasteiger partial charge in [0.2, 0.25) is 0 Å². The molecule has 1 amide bonds. The summed E-state index contributed by atoms with van der Waals surface area (Å²) in [6, 6.07) is 12.0. The Labute approximate surface area is 183 Å². The molecule has 0 radical (unpaired) electrons. The molecule has 0 spiro atoms. The third-order valence-corrected chi connectivity index (χ3v) is 5.86. The van der Waals surface area contributed by atoms with Crippen molar-refractivity contribution in [2.24, 2.45) is 5.92 Å². The highest BCUT2D eigenvalue weighted by Crippen LogP contribution is 2.32. The summed E-state index contributed by atoms with van der Waals surface area (Å²) in [7, 11) is 0. The molecule has 1 aromatic carbocycles. The highest BCUT2D eigenvalue weighted by Gasteiger charge is 2.28. The summed E-state index contributed by atoms with van der Waals surface area (Å²) in [5, 5.41) is 26.1. The van der Waals surface area contributed by atoms with E-state index in [-0.39, 0.29) is 35.2 Å². The number of nitriles is 2. The van der Waals surface area contributed by atoms with Gasteiger partial charge in [-0.25, -0.2) is 14.1 Å². The van der Waals surface area contributed by atoms with Gasteiger partial charge in [-0.15, -0.1) is 0 Å². The van der Waals surface area contributed by atoms with Gasteiger partial charge in [0.25, 0.3) is 5.91 Å². The van der Waals surface area contributed by atoms with Gasteiger partial charge in [0, 0.05) is 25.4 Å². The van der Waals surface area contributed by atoms with Crippen molar-refractivity contribution < 1.29 is 9.18 Å². The number of hydrogen-bond donors (Lipinski definition) is 1. The number of hydrogen-bond acceptors (Lipinski definition) is 6.